The van der Waals surface area contributed by atoms with Crippen molar-refractivity contribution in [3.05, 3.63) is 64.0 Å². The summed E-state index contributed by atoms with van der Waals surface area (Å²) < 4.78 is 5.08. The van der Waals surface area contributed by atoms with Gasteiger partial charge in [-0.1, -0.05) is 18.2 Å². The minimum absolute atomic E-state index is 0.464. The summed E-state index contributed by atoms with van der Waals surface area (Å²) in [7, 11) is 0. The zero-order valence-electron chi connectivity index (χ0n) is 11.7. The first-order valence-electron chi connectivity index (χ1n) is 6.82. The summed E-state index contributed by atoms with van der Waals surface area (Å²) in [5.74, 6) is -0.464. The second-order valence-corrected chi connectivity index (χ2v) is 5.81. The van der Waals surface area contributed by atoms with Gasteiger partial charge in [-0.2, -0.15) is 5.26 Å². The number of hydrogen-bond donors (Lipinski definition) is 1. The third kappa shape index (κ3) is 2.43. The monoisotopic (exact) mass is 319 g/mol. The van der Waals surface area contributed by atoms with Crippen molar-refractivity contribution in [2.24, 2.45) is 0 Å². The van der Waals surface area contributed by atoms with E-state index < -0.39 is 5.76 Å². The molecule has 0 aliphatic heterocycles. The fourth-order valence-electron chi connectivity index (χ4n) is 2.33. The molecule has 0 bridgehead atoms. The number of aromatic nitrogens is 2. The van der Waals surface area contributed by atoms with Crippen molar-refractivity contribution in [3.63, 3.8) is 0 Å². The van der Waals surface area contributed by atoms with Crippen molar-refractivity contribution in [3.8, 4) is 27.9 Å². The lowest BCUT2D eigenvalue weighted by Gasteiger charge is -1.97. The number of thiazole rings is 1. The number of oxazole rings is 1. The second-order valence-electron chi connectivity index (χ2n) is 4.95. The number of aromatic amines is 1. The molecule has 1 N–H and O–H groups in total. The Labute approximate surface area is 134 Å². The van der Waals surface area contributed by atoms with Crippen LogP contribution >= 0.6 is 11.3 Å². The van der Waals surface area contributed by atoms with E-state index in [2.05, 4.69) is 16.0 Å². The van der Waals surface area contributed by atoms with Gasteiger partial charge in [-0.3, -0.25) is 4.98 Å². The molecule has 0 atom stereocenters. The van der Waals surface area contributed by atoms with Crippen LogP contribution in [0.3, 0.4) is 0 Å². The van der Waals surface area contributed by atoms with Gasteiger partial charge in [0.15, 0.2) is 5.58 Å². The summed E-state index contributed by atoms with van der Waals surface area (Å²) in [5, 5.41) is 11.7. The number of nitrogens with zero attached hydrogens (tertiary/aromatic N) is 2. The topological polar surface area (TPSA) is 82.7 Å². The molecule has 0 aliphatic rings. The number of hydrogen-bond acceptors (Lipinski definition) is 5. The van der Waals surface area contributed by atoms with Gasteiger partial charge >= 0.3 is 5.76 Å². The Morgan fingerprint density at radius 2 is 1.91 bits per heavy atom. The summed E-state index contributed by atoms with van der Waals surface area (Å²) in [6.07, 6.45) is 0. The van der Waals surface area contributed by atoms with Crippen LogP contribution in [-0.4, -0.2) is 9.97 Å². The molecule has 0 saturated heterocycles. The van der Waals surface area contributed by atoms with Gasteiger partial charge < -0.3 is 4.42 Å². The normalized spacial score (nSPS) is 10.7. The Morgan fingerprint density at radius 1 is 1.13 bits per heavy atom. The Hall–Kier alpha value is -3.17. The summed E-state index contributed by atoms with van der Waals surface area (Å²) >= 11 is 1.53. The van der Waals surface area contributed by atoms with E-state index in [0.717, 1.165) is 21.8 Å². The van der Waals surface area contributed by atoms with Crippen LogP contribution in [0.4, 0.5) is 0 Å². The number of nitriles is 1. The van der Waals surface area contributed by atoms with Gasteiger partial charge in [0.1, 0.15) is 5.01 Å². The molecule has 110 valence electrons. The number of benzene rings is 2. The van der Waals surface area contributed by atoms with E-state index in [1.807, 2.05) is 23.6 Å². The standard InChI is InChI=1S/C17H9N3O2S/c18-8-10-1-3-11(4-2-10)16-19-14(9-23-16)12-5-6-13-15(7-12)22-17(21)20-13/h1-7,9H,(H,20,21). The van der Waals surface area contributed by atoms with Crippen LogP contribution in [0.1, 0.15) is 5.56 Å². The Balaban J connectivity index is 1.73. The highest BCUT2D eigenvalue weighted by Gasteiger charge is 2.09. The molecule has 0 aliphatic carbocycles. The predicted molar refractivity (Wildman–Crippen MR) is 88.1 cm³/mol. The number of fused-ring (bicyclic) bond motifs is 1. The first-order chi connectivity index (χ1) is 11.2. The van der Waals surface area contributed by atoms with Gasteiger partial charge in [-0.25, -0.2) is 9.78 Å². The molecule has 4 rings (SSSR count). The van der Waals surface area contributed by atoms with E-state index in [1.165, 1.54) is 11.3 Å². The van der Waals surface area contributed by atoms with E-state index in [-0.39, 0.29) is 0 Å². The van der Waals surface area contributed by atoms with Crippen LogP contribution in [0.2, 0.25) is 0 Å². The maximum Gasteiger partial charge on any atom is 0.417 e. The molecule has 4 aromatic rings. The average molecular weight is 319 g/mol. The van der Waals surface area contributed by atoms with Crippen molar-refractivity contribution in [1.82, 2.24) is 9.97 Å². The van der Waals surface area contributed by atoms with Crippen LogP contribution in [0.5, 0.6) is 0 Å². The van der Waals surface area contributed by atoms with Crippen LogP contribution in [0, 0.1) is 11.3 Å². The SMILES string of the molecule is N#Cc1ccc(-c2nc(-c3ccc4[nH]c(=O)oc4c3)cs2)cc1. The van der Waals surface area contributed by atoms with Crippen molar-refractivity contribution in [2.45, 2.75) is 0 Å². The minimum atomic E-state index is -0.464. The molecule has 0 fully saturated rings. The lowest BCUT2D eigenvalue weighted by atomic mass is 10.1. The first kappa shape index (κ1) is 13.5. The van der Waals surface area contributed by atoms with Crippen LogP contribution in [-0.2, 0) is 0 Å². The fourth-order valence-corrected chi connectivity index (χ4v) is 3.17. The van der Waals surface area contributed by atoms with E-state index in [9.17, 15) is 4.79 Å². The second kappa shape index (κ2) is 5.23. The maximum atomic E-state index is 11.2. The molecule has 0 saturated carbocycles. The summed E-state index contributed by atoms with van der Waals surface area (Å²) in [4.78, 5) is 18.5. The first-order valence-corrected chi connectivity index (χ1v) is 7.70. The minimum Gasteiger partial charge on any atom is -0.408 e. The van der Waals surface area contributed by atoms with Gasteiger partial charge in [0.25, 0.3) is 0 Å². The number of nitrogens with one attached hydrogen (secondary N) is 1. The summed E-state index contributed by atoms with van der Waals surface area (Å²) in [5.41, 5.74) is 4.48. The largest absolute Gasteiger partial charge is 0.417 e. The van der Waals surface area contributed by atoms with Gasteiger partial charge in [-0.15, -0.1) is 11.3 Å². The molecule has 6 heteroatoms. The van der Waals surface area contributed by atoms with Gasteiger partial charge in [-0.05, 0) is 24.3 Å². The molecular weight excluding hydrogens is 310 g/mol. The quantitative estimate of drug-likeness (QED) is 0.609. The highest BCUT2D eigenvalue weighted by atomic mass is 32.1. The molecule has 2 aromatic heterocycles. The Kier molecular flexibility index (Phi) is 3.07. The van der Waals surface area contributed by atoms with E-state index >= 15 is 0 Å². The zero-order valence-corrected chi connectivity index (χ0v) is 12.6. The maximum absolute atomic E-state index is 11.2. The van der Waals surface area contributed by atoms with E-state index in [4.69, 9.17) is 9.68 Å². The third-order valence-electron chi connectivity index (χ3n) is 3.48. The fraction of sp³-hybridized carbons (Fsp3) is 0. The van der Waals surface area contributed by atoms with Crippen LogP contribution in [0.25, 0.3) is 32.9 Å². The lowest BCUT2D eigenvalue weighted by Crippen LogP contribution is -1.92. The smallest absolute Gasteiger partial charge is 0.408 e. The highest BCUT2D eigenvalue weighted by molar-refractivity contribution is 7.13. The van der Waals surface area contributed by atoms with Crippen molar-refractivity contribution >= 4 is 22.4 Å². The third-order valence-corrected chi connectivity index (χ3v) is 4.37. The summed E-state index contributed by atoms with van der Waals surface area (Å²) in [6, 6.07) is 14.9. The molecule has 2 heterocycles. The van der Waals surface area contributed by atoms with Gasteiger partial charge in [0.2, 0.25) is 0 Å². The Morgan fingerprint density at radius 3 is 2.70 bits per heavy atom. The molecular formula is C17H9N3O2S. The average Bonchev–Trinajstić information content (AvgIpc) is 3.19. The number of H-pyrrole nitrogens is 1. The predicted octanol–water partition coefficient (Wildman–Crippen LogP) is 3.78. The van der Waals surface area contributed by atoms with Crippen molar-refractivity contribution in [2.75, 3.05) is 0 Å². The van der Waals surface area contributed by atoms with Gasteiger partial charge in [0, 0.05) is 16.5 Å². The molecule has 0 amide bonds. The molecule has 23 heavy (non-hydrogen) atoms. The van der Waals surface area contributed by atoms with Crippen molar-refractivity contribution in [1.29, 1.82) is 5.26 Å². The molecule has 5 nitrogen and oxygen atoms in total. The molecule has 0 radical (unpaired) electrons. The Bertz CT molecular complexity index is 1100. The van der Waals surface area contributed by atoms with E-state index in [1.54, 1.807) is 24.3 Å². The zero-order chi connectivity index (χ0) is 15.8. The highest BCUT2D eigenvalue weighted by Crippen LogP contribution is 2.30. The van der Waals surface area contributed by atoms with Gasteiger partial charge in [0.05, 0.1) is 22.8 Å². The van der Waals surface area contributed by atoms with Crippen LogP contribution in [0.15, 0.2) is 57.1 Å². The molecule has 2 aromatic carbocycles. The van der Waals surface area contributed by atoms with Crippen LogP contribution < -0.4 is 5.76 Å². The lowest BCUT2D eigenvalue weighted by molar-refractivity contribution is 0.555. The summed E-state index contributed by atoms with van der Waals surface area (Å²) in [6.45, 7) is 0. The molecule has 0 spiro atoms. The molecule has 0 unspecified atom stereocenters. The van der Waals surface area contributed by atoms with E-state index in [0.29, 0.717) is 16.7 Å². The number of rotatable bonds is 2. The van der Waals surface area contributed by atoms with Crippen molar-refractivity contribution < 1.29 is 4.42 Å².